The van der Waals surface area contributed by atoms with E-state index in [1.54, 1.807) is 11.5 Å². The average molecular weight is 467 g/mol. The highest BCUT2D eigenvalue weighted by Crippen LogP contribution is 2.34. The maximum Gasteiger partial charge on any atom is 0.338 e. The number of hydrogen-bond acceptors (Lipinski definition) is 5. The molecular weight excluding hydrogens is 444 g/mol. The molecule has 0 spiro atoms. The predicted molar refractivity (Wildman–Crippen MR) is 134 cm³/mol. The third-order valence-electron chi connectivity index (χ3n) is 5.59. The molecule has 0 amide bonds. The Morgan fingerprint density at radius 2 is 1.59 bits per heavy atom. The number of hydrogen-bond donors (Lipinski definition) is 0. The standard InChI is InChI=1S/C28H22N2O3S/c1-2-33-27(32)23-24(20-14-8-4-9-15-20)29-28-30(25(23)21-16-10-5-11-17-21)26(31)22(34-28)18-19-12-6-3-7-13-19/h3-18,25H,2H2,1H3/b22-18-/t25-/m1/s1. The summed E-state index contributed by atoms with van der Waals surface area (Å²) in [6, 6.07) is 28.2. The predicted octanol–water partition coefficient (Wildman–Crippen LogP) is 3.94. The second kappa shape index (κ2) is 9.45. The van der Waals surface area contributed by atoms with Crippen LogP contribution in [0.3, 0.4) is 0 Å². The fraction of sp³-hybridized carbons (Fsp3) is 0.107. The van der Waals surface area contributed by atoms with Gasteiger partial charge in [-0.15, -0.1) is 0 Å². The molecule has 34 heavy (non-hydrogen) atoms. The summed E-state index contributed by atoms with van der Waals surface area (Å²) in [4.78, 5) is 32.4. The molecule has 0 fully saturated rings. The van der Waals surface area contributed by atoms with Gasteiger partial charge in [-0.3, -0.25) is 9.36 Å². The number of thiazole rings is 1. The fourth-order valence-corrected chi connectivity index (χ4v) is 5.09. The molecular formula is C28H22N2O3S. The van der Waals surface area contributed by atoms with Crippen molar-refractivity contribution >= 4 is 29.1 Å². The number of ether oxygens (including phenoxy) is 1. The largest absolute Gasteiger partial charge is 0.463 e. The maximum absolute atomic E-state index is 13.7. The molecule has 2 heterocycles. The van der Waals surface area contributed by atoms with Crippen LogP contribution in [0.15, 0.2) is 106 Å². The van der Waals surface area contributed by atoms with E-state index >= 15 is 0 Å². The Morgan fingerprint density at radius 1 is 0.971 bits per heavy atom. The second-order valence-electron chi connectivity index (χ2n) is 7.75. The molecule has 3 aromatic carbocycles. The minimum absolute atomic E-state index is 0.185. The number of aromatic nitrogens is 1. The molecule has 0 N–H and O–H groups in total. The van der Waals surface area contributed by atoms with Gasteiger partial charge in [-0.05, 0) is 24.1 Å². The van der Waals surface area contributed by atoms with Gasteiger partial charge in [0.05, 0.1) is 28.5 Å². The van der Waals surface area contributed by atoms with E-state index in [0.717, 1.165) is 16.7 Å². The summed E-state index contributed by atoms with van der Waals surface area (Å²) in [6.45, 7) is 2.00. The van der Waals surface area contributed by atoms with Crippen LogP contribution in [-0.4, -0.2) is 17.1 Å². The van der Waals surface area contributed by atoms with Crippen molar-refractivity contribution in [1.82, 2.24) is 4.57 Å². The number of carbonyl (C=O) groups excluding carboxylic acids is 1. The van der Waals surface area contributed by atoms with Crippen molar-refractivity contribution in [2.75, 3.05) is 6.61 Å². The Labute approximate surface area is 200 Å². The van der Waals surface area contributed by atoms with E-state index in [9.17, 15) is 9.59 Å². The summed E-state index contributed by atoms with van der Waals surface area (Å²) in [6.07, 6.45) is 1.86. The summed E-state index contributed by atoms with van der Waals surface area (Å²) in [7, 11) is 0. The van der Waals surface area contributed by atoms with Gasteiger partial charge in [0.1, 0.15) is 0 Å². The maximum atomic E-state index is 13.7. The van der Waals surface area contributed by atoms with Gasteiger partial charge in [0, 0.05) is 5.56 Å². The van der Waals surface area contributed by atoms with Crippen LogP contribution in [0.5, 0.6) is 0 Å². The molecule has 1 aliphatic rings. The monoisotopic (exact) mass is 466 g/mol. The van der Waals surface area contributed by atoms with E-state index in [1.165, 1.54) is 11.3 Å². The molecule has 0 aliphatic carbocycles. The lowest BCUT2D eigenvalue weighted by Crippen LogP contribution is -2.39. The highest BCUT2D eigenvalue weighted by molar-refractivity contribution is 7.07. The normalized spacial score (nSPS) is 15.6. The second-order valence-corrected chi connectivity index (χ2v) is 8.76. The van der Waals surface area contributed by atoms with Gasteiger partial charge in [0.15, 0.2) is 4.80 Å². The minimum Gasteiger partial charge on any atom is -0.463 e. The Kier molecular flexibility index (Phi) is 6.06. The van der Waals surface area contributed by atoms with Crippen LogP contribution in [0.25, 0.3) is 11.8 Å². The molecule has 0 unspecified atom stereocenters. The number of nitrogens with zero attached hydrogens (tertiary/aromatic N) is 2. The topological polar surface area (TPSA) is 60.7 Å². The summed E-state index contributed by atoms with van der Waals surface area (Å²) >= 11 is 1.32. The first-order valence-electron chi connectivity index (χ1n) is 11.1. The quantitative estimate of drug-likeness (QED) is 0.419. The molecule has 0 bridgehead atoms. The van der Waals surface area contributed by atoms with Crippen molar-refractivity contribution in [1.29, 1.82) is 0 Å². The van der Waals surface area contributed by atoms with E-state index in [1.807, 2.05) is 97.1 Å². The molecule has 0 saturated carbocycles. The highest BCUT2D eigenvalue weighted by Gasteiger charge is 2.34. The van der Waals surface area contributed by atoms with Crippen molar-refractivity contribution in [3.8, 4) is 0 Å². The van der Waals surface area contributed by atoms with Gasteiger partial charge in [-0.1, -0.05) is 102 Å². The first-order chi connectivity index (χ1) is 16.7. The smallest absolute Gasteiger partial charge is 0.338 e. The van der Waals surface area contributed by atoms with Crippen LogP contribution >= 0.6 is 11.3 Å². The number of rotatable bonds is 5. The number of benzene rings is 3. The molecule has 1 atom stereocenters. The number of carbonyl (C=O) groups is 1. The third kappa shape index (κ3) is 4.04. The SMILES string of the molecule is CCOC(=O)C1=C(c2ccccc2)N=c2s/c(=C\c3ccccc3)c(=O)n2[C@@H]1c1ccccc1. The molecule has 1 aliphatic heterocycles. The van der Waals surface area contributed by atoms with Crippen LogP contribution in [0.2, 0.25) is 0 Å². The van der Waals surface area contributed by atoms with Crippen LogP contribution < -0.4 is 14.9 Å². The zero-order valence-corrected chi connectivity index (χ0v) is 19.4. The summed E-state index contributed by atoms with van der Waals surface area (Å²) < 4.78 is 7.64. The lowest BCUT2D eigenvalue weighted by atomic mass is 9.93. The van der Waals surface area contributed by atoms with Crippen molar-refractivity contribution < 1.29 is 9.53 Å². The molecule has 6 heteroatoms. The molecule has 5 nitrogen and oxygen atoms in total. The van der Waals surface area contributed by atoms with E-state index in [-0.39, 0.29) is 12.2 Å². The Bertz CT molecular complexity index is 1540. The van der Waals surface area contributed by atoms with Gasteiger partial charge in [-0.25, -0.2) is 9.79 Å². The van der Waals surface area contributed by atoms with Crippen LogP contribution in [0.1, 0.15) is 29.7 Å². The first-order valence-corrected chi connectivity index (χ1v) is 11.9. The van der Waals surface area contributed by atoms with Crippen molar-refractivity contribution in [2.45, 2.75) is 13.0 Å². The lowest BCUT2D eigenvalue weighted by Gasteiger charge is -2.25. The van der Waals surface area contributed by atoms with E-state index in [0.29, 0.717) is 20.6 Å². The number of fused-ring (bicyclic) bond motifs is 1. The van der Waals surface area contributed by atoms with Crippen molar-refractivity contribution in [3.05, 3.63) is 133 Å². The van der Waals surface area contributed by atoms with E-state index in [4.69, 9.17) is 9.73 Å². The number of esters is 1. The molecule has 5 rings (SSSR count). The van der Waals surface area contributed by atoms with Crippen LogP contribution in [0.4, 0.5) is 0 Å². The molecule has 0 radical (unpaired) electrons. The Balaban J connectivity index is 1.84. The summed E-state index contributed by atoms with van der Waals surface area (Å²) in [5.41, 5.74) is 3.25. The Hall–Kier alpha value is -4.03. The van der Waals surface area contributed by atoms with E-state index < -0.39 is 12.0 Å². The molecule has 0 saturated heterocycles. The van der Waals surface area contributed by atoms with Crippen molar-refractivity contribution in [2.24, 2.45) is 4.99 Å². The molecule has 4 aromatic rings. The zero-order chi connectivity index (χ0) is 23.5. The van der Waals surface area contributed by atoms with Gasteiger partial charge < -0.3 is 4.74 Å². The van der Waals surface area contributed by atoms with E-state index in [2.05, 4.69) is 0 Å². The molecule has 1 aromatic heterocycles. The van der Waals surface area contributed by atoms with Crippen LogP contribution in [-0.2, 0) is 9.53 Å². The summed E-state index contributed by atoms with van der Waals surface area (Å²) in [5.74, 6) is -0.476. The fourth-order valence-electron chi connectivity index (χ4n) is 4.09. The zero-order valence-electron chi connectivity index (χ0n) is 18.5. The van der Waals surface area contributed by atoms with Gasteiger partial charge in [-0.2, -0.15) is 0 Å². The van der Waals surface area contributed by atoms with Crippen molar-refractivity contribution in [3.63, 3.8) is 0 Å². The summed E-state index contributed by atoms with van der Waals surface area (Å²) in [5, 5.41) is 0. The lowest BCUT2D eigenvalue weighted by molar-refractivity contribution is -0.138. The van der Waals surface area contributed by atoms with Gasteiger partial charge in [0.2, 0.25) is 0 Å². The van der Waals surface area contributed by atoms with Crippen LogP contribution in [0, 0.1) is 0 Å². The Morgan fingerprint density at radius 3 is 2.24 bits per heavy atom. The average Bonchev–Trinajstić information content (AvgIpc) is 3.19. The molecule has 168 valence electrons. The first kappa shape index (κ1) is 21.8. The highest BCUT2D eigenvalue weighted by atomic mass is 32.1. The van der Waals surface area contributed by atoms with Gasteiger partial charge >= 0.3 is 5.97 Å². The van der Waals surface area contributed by atoms with Gasteiger partial charge in [0.25, 0.3) is 5.56 Å². The third-order valence-corrected chi connectivity index (χ3v) is 6.57. The minimum atomic E-state index is -0.648.